The van der Waals surface area contributed by atoms with Gasteiger partial charge in [0.1, 0.15) is 5.75 Å². The Balaban J connectivity index is 2.41. The molecule has 0 atom stereocenters. The minimum atomic E-state index is -0.0250. The smallest absolute Gasteiger partial charge is 0.164 e. The van der Waals surface area contributed by atoms with Gasteiger partial charge in [-0.2, -0.15) is 0 Å². The second-order valence-corrected chi connectivity index (χ2v) is 5.36. The van der Waals surface area contributed by atoms with Crippen molar-refractivity contribution in [2.45, 2.75) is 45.6 Å². The molecule has 0 radical (unpaired) electrons. The molecule has 0 spiro atoms. The van der Waals surface area contributed by atoms with Gasteiger partial charge >= 0.3 is 0 Å². The Bertz CT molecular complexity index is 430. The van der Waals surface area contributed by atoms with Gasteiger partial charge in [-0.15, -0.1) is 0 Å². The molecule has 0 saturated heterocycles. The molecule has 86 valence electrons. The molecular formula is C14H18O2. The fourth-order valence-electron chi connectivity index (χ4n) is 2.28. The number of fused-ring (bicyclic) bond motifs is 1. The molecule has 16 heavy (non-hydrogen) atoms. The molecule has 0 bridgehead atoms. The van der Waals surface area contributed by atoms with Gasteiger partial charge in [-0.1, -0.05) is 19.9 Å². The van der Waals surface area contributed by atoms with E-state index in [1.165, 1.54) is 0 Å². The SMILES string of the molecule is CC(C)Oc1ccc2c(c1)C(=O)CC2(C)C. The molecule has 2 rings (SSSR count). The standard InChI is InChI=1S/C14H18O2/c1-9(2)16-10-5-6-12-11(7-10)13(15)8-14(12,3)4/h5-7,9H,8H2,1-4H3. The number of benzene rings is 1. The lowest BCUT2D eigenvalue weighted by atomic mass is 9.87. The van der Waals surface area contributed by atoms with Crippen LogP contribution in [0.5, 0.6) is 5.75 Å². The van der Waals surface area contributed by atoms with Crippen LogP contribution < -0.4 is 4.74 Å². The Morgan fingerprint density at radius 3 is 2.62 bits per heavy atom. The average Bonchev–Trinajstić information content (AvgIpc) is 2.36. The van der Waals surface area contributed by atoms with Crippen LogP contribution in [0.4, 0.5) is 0 Å². The van der Waals surface area contributed by atoms with Crippen molar-refractivity contribution in [3.63, 3.8) is 0 Å². The quantitative estimate of drug-likeness (QED) is 0.761. The van der Waals surface area contributed by atoms with E-state index in [0.717, 1.165) is 16.9 Å². The van der Waals surface area contributed by atoms with Gasteiger partial charge in [0, 0.05) is 12.0 Å². The summed E-state index contributed by atoms with van der Waals surface area (Å²) in [4.78, 5) is 11.9. The van der Waals surface area contributed by atoms with Crippen molar-refractivity contribution in [1.29, 1.82) is 0 Å². The zero-order chi connectivity index (χ0) is 11.9. The predicted octanol–water partition coefficient (Wildman–Crippen LogP) is 3.34. The van der Waals surface area contributed by atoms with Crippen LogP contribution in [0, 0.1) is 0 Å². The summed E-state index contributed by atoms with van der Waals surface area (Å²) in [5.41, 5.74) is 1.96. The van der Waals surface area contributed by atoms with E-state index in [2.05, 4.69) is 13.8 Å². The molecule has 0 heterocycles. The number of ether oxygens (including phenoxy) is 1. The van der Waals surface area contributed by atoms with E-state index in [9.17, 15) is 4.79 Å². The highest BCUT2D eigenvalue weighted by atomic mass is 16.5. The summed E-state index contributed by atoms with van der Waals surface area (Å²) in [5.74, 6) is 1.02. The molecule has 1 aliphatic rings. The molecule has 0 aliphatic heterocycles. The monoisotopic (exact) mass is 218 g/mol. The first-order chi connectivity index (χ1) is 7.40. The van der Waals surface area contributed by atoms with Crippen molar-refractivity contribution in [3.8, 4) is 5.75 Å². The Hall–Kier alpha value is -1.31. The van der Waals surface area contributed by atoms with Gasteiger partial charge in [0.2, 0.25) is 0 Å². The summed E-state index contributed by atoms with van der Waals surface area (Å²) in [5, 5.41) is 0. The van der Waals surface area contributed by atoms with E-state index in [1.54, 1.807) is 0 Å². The van der Waals surface area contributed by atoms with Crippen molar-refractivity contribution in [2.75, 3.05) is 0 Å². The number of carbonyl (C=O) groups is 1. The zero-order valence-electron chi connectivity index (χ0n) is 10.3. The number of ketones is 1. The van der Waals surface area contributed by atoms with Crippen LogP contribution in [0.15, 0.2) is 18.2 Å². The fraction of sp³-hybridized carbons (Fsp3) is 0.500. The molecule has 1 aliphatic carbocycles. The summed E-state index contributed by atoms with van der Waals surface area (Å²) in [6, 6.07) is 5.86. The normalized spacial score (nSPS) is 17.7. The lowest BCUT2D eigenvalue weighted by Crippen LogP contribution is -2.12. The van der Waals surface area contributed by atoms with Crippen molar-refractivity contribution in [2.24, 2.45) is 0 Å². The van der Waals surface area contributed by atoms with Gasteiger partial charge in [0.15, 0.2) is 5.78 Å². The average molecular weight is 218 g/mol. The highest BCUT2D eigenvalue weighted by Gasteiger charge is 2.35. The summed E-state index contributed by atoms with van der Waals surface area (Å²) < 4.78 is 5.60. The van der Waals surface area contributed by atoms with E-state index in [-0.39, 0.29) is 17.3 Å². The predicted molar refractivity (Wildman–Crippen MR) is 64.2 cm³/mol. The number of hydrogen-bond donors (Lipinski definition) is 0. The van der Waals surface area contributed by atoms with Gasteiger partial charge in [-0.05, 0) is 37.0 Å². The Labute approximate surface area is 96.6 Å². The number of rotatable bonds is 2. The number of carbonyl (C=O) groups excluding carboxylic acids is 1. The molecule has 2 heteroatoms. The van der Waals surface area contributed by atoms with Crippen molar-refractivity contribution < 1.29 is 9.53 Å². The van der Waals surface area contributed by atoms with E-state index >= 15 is 0 Å². The van der Waals surface area contributed by atoms with Gasteiger partial charge in [0.25, 0.3) is 0 Å². The van der Waals surface area contributed by atoms with Crippen molar-refractivity contribution in [3.05, 3.63) is 29.3 Å². The summed E-state index contributed by atoms with van der Waals surface area (Å²) in [6.07, 6.45) is 0.746. The van der Waals surface area contributed by atoms with Gasteiger partial charge in [0.05, 0.1) is 6.10 Å². The number of hydrogen-bond acceptors (Lipinski definition) is 2. The second-order valence-electron chi connectivity index (χ2n) is 5.36. The zero-order valence-corrected chi connectivity index (χ0v) is 10.3. The third kappa shape index (κ3) is 1.84. The first-order valence-corrected chi connectivity index (χ1v) is 5.74. The maximum absolute atomic E-state index is 11.9. The molecule has 0 saturated carbocycles. The molecule has 0 fully saturated rings. The molecule has 0 N–H and O–H groups in total. The van der Waals surface area contributed by atoms with Crippen LogP contribution in [0.25, 0.3) is 0 Å². The first-order valence-electron chi connectivity index (χ1n) is 5.74. The van der Waals surface area contributed by atoms with E-state index in [1.807, 2.05) is 32.0 Å². The van der Waals surface area contributed by atoms with E-state index in [4.69, 9.17) is 4.74 Å². The molecule has 1 aromatic carbocycles. The molecule has 1 aromatic rings. The Morgan fingerprint density at radius 2 is 2.00 bits per heavy atom. The molecule has 0 amide bonds. The molecular weight excluding hydrogens is 200 g/mol. The van der Waals surface area contributed by atoms with Gasteiger partial charge in [-0.3, -0.25) is 4.79 Å². The van der Waals surface area contributed by atoms with Crippen molar-refractivity contribution in [1.82, 2.24) is 0 Å². The van der Waals surface area contributed by atoms with E-state index in [0.29, 0.717) is 6.42 Å². The summed E-state index contributed by atoms with van der Waals surface area (Å²) in [7, 11) is 0. The minimum absolute atomic E-state index is 0.0250. The largest absolute Gasteiger partial charge is 0.491 e. The summed E-state index contributed by atoms with van der Waals surface area (Å²) >= 11 is 0. The van der Waals surface area contributed by atoms with Crippen LogP contribution >= 0.6 is 0 Å². The number of Topliss-reactive ketones (excluding diaryl/α,β-unsaturated/α-hetero) is 1. The lowest BCUT2D eigenvalue weighted by Gasteiger charge is -2.18. The highest BCUT2D eigenvalue weighted by molar-refractivity contribution is 6.02. The van der Waals surface area contributed by atoms with Crippen LogP contribution in [-0.2, 0) is 5.41 Å². The minimum Gasteiger partial charge on any atom is -0.491 e. The van der Waals surface area contributed by atoms with Crippen molar-refractivity contribution >= 4 is 5.78 Å². The summed E-state index contributed by atoms with van der Waals surface area (Å²) in [6.45, 7) is 8.19. The van der Waals surface area contributed by atoms with Crippen LogP contribution in [-0.4, -0.2) is 11.9 Å². The third-order valence-electron chi connectivity index (χ3n) is 2.99. The van der Waals surface area contributed by atoms with Gasteiger partial charge in [-0.25, -0.2) is 0 Å². The molecule has 2 nitrogen and oxygen atoms in total. The molecule has 0 unspecified atom stereocenters. The molecule has 0 aromatic heterocycles. The first kappa shape index (κ1) is 11.2. The van der Waals surface area contributed by atoms with Crippen LogP contribution in [0.2, 0.25) is 0 Å². The van der Waals surface area contributed by atoms with Crippen LogP contribution in [0.3, 0.4) is 0 Å². The third-order valence-corrected chi connectivity index (χ3v) is 2.99. The van der Waals surface area contributed by atoms with Gasteiger partial charge < -0.3 is 4.74 Å². The fourth-order valence-corrected chi connectivity index (χ4v) is 2.28. The Kier molecular flexibility index (Phi) is 2.53. The lowest BCUT2D eigenvalue weighted by molar-refractivity contribution is 0.0979. The Morgan fingerprint density at radius 1 is 1.31 bits per heavy atom. The van der Waals surface area contributed by atoms with Crippen LogP contribution in [0.1, 0.15) is 50.0 Å². The van der Waals surface area contributed by atoms with E-state index < -0.39 is 0 Å². The second kappa shape index (κ2) is 3.62. The topological polar surface area (TPSA) is 26.3 Å². The maximum atomic E-state index is 11.9. The maximum Gasteiger partial charge on any atom is 0.164 e. The highest BCUT2D eigenvalue weighted by Crippen LogP contribution is 2.39.